The number of amides is 2. The summed E-state index contributed by atoms with van der Waals surface area (Å²) in [6.45, 7) is 6.04. The average Bonchev–Trinajstić information content (AvgIpc) is 3.08. The summed E-state index contributed by atoms with van der Waals surface area (Å²) in [5.41, 5.74) is 3.88. The Bertz CT molecular complexity index is 850. The first kappa shape index (κ1) is 25.0. The number of fused-ring (bicyclic) bond motifs is 1. The Morgan fingerprint density at radius 2 is 1.76 bits per heavy atom. The van der Waals surface area contributed by atoms with Crippen molar-refractivity contribution < 1.29 is 14.7 Å². The average molecular weight is 471 g/mol. The molecule has 0 aromatic heterocycles. The highest BCUT2D eigenvalue weighted by atomic mass is 16.4. The van der Waals surface area contributed by atoms with Crippen molar-refractivity contribution in [3.8, 4) is 0 Å². The maximum Gasteiger partial charge on any atom is 0.324 e. The van der Waals surface area contributed by atoms with E-state index in [2.05, 4.69) is 47.0 Å². The van der Waals surface area contributed by atoms with Crippen LogP contribution in [0.25, 0.3) is 0 Å². The molecule has 7 heteroatoms. The second kappa shape index (κ2) is 11.5. The van der Waals surface area contributed by atoms with Crippen LogP contribution in [-0.2, 0) is 17.6 Å². The SMILES string of the molecule is CN(C)CCCN1CCc2ccc(N3CCN(C4CCC(CCC(=O)O)CC4)C3=O)cc2CC1. The topological polar surface area (TPSA) is 67.3 Å². The quantitative estimate of drug-likeness (QED) is 0.596. The molecular weight excluding hydrogens is 428 g/mol. The van der Waals surface area contributed by atoms with E-state index in [1.165, 1.54) is 17.5 Å². The van der Waals surface area contributed by atoms with Gasteiger partial charge in [0.15, 0.2) is 0 Å². The summed E-state index contributed by atoms with van der Waals surface area (Å²) in [7, 11) is 4.27. The van der Waals surface area contributed by atoms with Crippen LogP contribution in [0.5, 0.6) is 0 Å². The zero-order valence-corrected chi connectivity index (χ0v) is 21.0. The Kier molecular flexibility index (Phi) is 8.48. The molecule has 1 aromatic rings. The molecule has 188 valence electrons. The van der Waals surface area contributed by atoms with Gasteiger partial charge in [-0.2, -0.15) is 0 Å². The van der Waals surface area contributed by atoms with Crippen molar-refractivity contribution in [2.75, 3.05) is 58.3 Å². The third kappa shape index (κ3) is 6.30. The molecule has 4 rings (SSSR count). The van der Waals surface area contributed by atoms with Gasteiger partial charge in [0.25, 0.3) is 0 Å². The first-order chi connectivity index (χ1) is 16.4. The molecule has 1 N–H and O–H groups in total. The van der Waals surface area contributed by atoms with Crippen molar-refractivity contribution in [1.82, 2.24) is 14.7 Å². The van der Waals surface area contributed by atoms with Crippen molar-refractivity contribution in [2.24, 2.45) is 5.92 Å². The van der Waals surface area contributed by atoms with Crippen molar-refractivity contribution in [1.29, 1.82) is 0 Å². The van der Waals surface area contributed by atoms with Gasteiger partial charge < -0.3 is 19.8 Å². The number of nitrogens with zero attached hydrogens (tertiary/aromatic N) is 4. The minimum atomic E-state index is -0.703. The summed E-state index contributed by atoms with van der Waals surface area (Å²) >= 11 is 0. The van der Waals surface area contributed by atoms with E-state index in [-0.39, 0.29) is 12.5 Å². The number of rotatable bonds is 9. The molecule has 0 spiro atoms. The number of carbonyl (C=O) groups excluding carboxylic acids is 1. The van der Waals surface area contributed by atoms with Crippen molar-refractivity contribution >= 4 is 17.7 Å². The molecule has 0 unspecified atom stereocenters. The number of hydrogen-bond donors (Lipinski definition) is 1. The lowest BCUT2D eigenvalue weighted by molar-refractivity contribution is -0.137. The van der Waals surface area contributed by atoms with Gasteiger partial charge in [-0.05, 0) is 108 Å². The van der Waals surface area contributed by atoms with Crippen LogP contribution in [0, 0.1) is 5.92 Å². The van der Waals surface area contributed by atoms with Crippen LogP contribution < -0.4 is 4.90 Å². The van der Waals surface area contributed by atoms with Crippen molar-refractivity contribution in [3.63, 3.8) is 0 Å². The Hall–Kier alpha value is -2.12. The van der Waals surface area contributed by atoms with Gasteiger partial charge in [0.1, 0.15) is 0 Å². The third-order valence-electron chi connectivity index (χ3n) is 8.04. The predicted molar refractivity (Wildman–Crippen MR) is 136 cm³/mol. The Labute approximate surface area is 204 Å². The van der Waals surface area contributed by atoms with Gasteiger partial charge in [0.2, 0.25) is 0 Å². The molecule has 3 aliphatic rings. The second-order valence-corrected chi connectivity index (χ2v) is 10.7. The largest absolute Gasteiger partial charge is 0.481 e. The Balaban J connectivity index is 1.31. The number of hydrogen-bond acceptors (Lipinski definition) is 4. The van der Waals surface area contributed by atoms with Gasteiger partial charge in [-0.25, -0.2) is 4.79 Å². The highest BCUT2D eigenvalue weighted by Crippen LogP contribution is 2.33. The fourth-order valence-electron chi connectivity index (χ4n) is 5.97. The fraction of sp³-hybridized carbons (Fsp3) is 0.704. The van der Waals surface area contributed by atoms with Crippen LogP contribution in [0.3, 0.4) is 0 Å². The Morgan fingerprint density at radius 3 is 2.47 bits per heavy atom. The summed E-state index contributed by atoms with van der Waals surface area (Å²) in [4.78, 5) is 33.1. The minimum absolute atomic E-state index is 0.146. The number of carboxylic acids is 1. The summed E-state index contributed by atoms with van der Waals surface area (Å²) in [6, 6.07) is 7.11. The molecule has 2 heterocycles. The number of benzene rings is 1. The number of anilines is 1. The van der Waals surface area contributed by atoms with Crippen LogP contribution in [0.4, 0.5) is 10.5 Å². The molecule has 0 radical (unpaired) electrons. The number of carboxylic acid groups (broad SMARTS) is 1. The summed E-state index contributed by atoms with van der Waals surface area (Å²) in [5.74, 6) is -0.210. The van der Waals surface area contributed by atoms with E-state index in [4.69, 9.17) is 5.11 Å². The lowest BCUT2D eigenvalue weighted by Gasteiger charge is -2.34. The molecule has 1 saturated heterocycles. The first-order valence-corrected chi connectivity index (χ1v) is 13.2. The van der Waals surface area contributed by atoms with Crippen LogP contribution >= 0.6 is 0 Å². The van der Waals surface area contributed by atoms with E-state index in [1.54, 1.807) is 0 Å². The molecule has 1 aromatic carbocycles. The Morgan fingerprint density at radius 1 is 1.03 bits per heavy atom. The number of carbonyl (C=O) groups is 2. The molecule has 2 aliphatic heterocycles. The molecule has 0 bridgehead atoms. The normalized spacial score (nSPS) is 23.9. The van der Waals surface area contributed by atoms with Crippen LogP contribution in [-0.4, -0.2) is 91.2 Å². The van der Waals surface area contributed by atoms with Gasteiger partial charge in [0, 0.05) is 44.3 Å². The molecular formula is C27H42N4O3. The molecule has 2 amide bonds. The van der Waals surface area contributed by atoms with Crippen molar-refractivity contribution in [3.05, 3.63) is 29.3 Å². The van der Waals surface area contributed by atoms with Gasteiger partial charge in [-0.15, -0.1) is 0 Å². The van der Waals surface area contributed by atoms with Gasteiger partial charge in [0.05, 0.1) is 0 Å². The molecule has 7 nitrogen and oxygen atoms in total. The maximum absolute atomic E-state index is 13.3. The summed E-state index contributed by atoms with van der Waals surface area (Å²) in [5, 5.41) is 8.93. The molecule has 34 heavy (non-hydrogen) atoms. The van der Waals surface area contributed by atoms with E-state index >= 15 is 0 Å². The van der Waals surface area contributed by atoms with E-state index in [0.29, 0.717) is 12.0 Å². The van der Waals surface area contributed by atoms with Gasteiger partial charge in [-0.3, -0.25) is 9.69 Å². The third-order valence-corrected chi connectivity index (χ3v) is 8.04. The van der Waals surface area contributed by atoms with Crippen LogP contribution in [0.15, 0.2) is 18.2 Å². The van der Waals surface area contributed by atoms with Crippen LogP contribution in [0.2, 0.25) is 0 Å². The monoisotopic (exact) mass is 470 g/mol. The smallest absolute Gasteiger partial charge is 0.324 e. The number of urea groups is 1. The second-order valence-electron chi connectivity index (χ2n) is 10.7. The lowest BCUT2D eigenvalue weighted by atomic mass is 9.83. The zero-order chi connectivity index (χ0) is 24.1. The molecule has 0 atom stereocenters. The van der Waals surface area contributed by atoms with E-state index < -0.39 is 5.97 Å². The first-order valence-electron chi connectivity index (χ1n) is 13.2. The van der Waals surface area contributed by atoms with Crippen molar-refractivity contribution in [2.45, 2.75) is 63.8 Å². The van der Waals surface area contributed by atoms with Gasteiger partial charge in [-0.1, -0.05) is 6.07 Å². The van der Waals surface area contributed by atoms with E-state index in [1.807, 2.05) is 4.90 Å². The molecule has 1 aliphatic carbocycles. The summed E-state index contributed by atoms with van der Waals surface area (Å²) in [6.07, 6.45) is 8.43. The predicted octanol–water partition coefficient (Wildman–Crippen LogP) is 3.70. The standard InChI is InChI=1S/C27H42N4O3/c1-28(2)14-3-15-29-16-12-22-7-10-25(20-23(22)13-17-29)31-19-18-30(27(31)34)24-8-4-21(5-9-24)6-11-26(32)33/h7,10,20-21,24H,3-6,8-9,11-19H2,1-2H3,(H,32,33). The number of aliphatic carboxylic acids is 1. The van der Waals surface area contributed by atoms with Gasteiger partial charge >= 0.3 is 12.0 Å². The molecule has 1 saturated carbocycles. The van der Waals surface area contributed by atoms with Crippen LogP contribution in [0.1, 0.15) is 56.1 Å². The maximum atomic E-state index is 13.3. The minimum Gasteiger partial charge on any atom is -0.481 e. The highest BCUT2D eigenvalue weighted by molar-refractivity contribution is 5.94. The molecule has 2 fully saturated rings. The zero-order valence-electron chi connectivity index (χ0n) is 21.0. The fourth-order valence-corrected chi connectivity index (χ4v) is 5.97. The lowest BCUT2D eigenvalue weighted by Crippen LogP contribution is -2.41. The van der Waals surface area contributed by atoms with E-state index in [0.717, 1.165) is 89.9 Å². The van der Waals surface area contributed by atoms with E-state index in [9.17, 15) is 9.59 Å². The summed E-state index contributed by atoms with van der Waals surface area (Å²) < 4.78 is 0. The highest BCUT2D eigenvalue weighted by Gasteiger charge is 2.36.